The Balaban J connectivity index is 2.31. The lowest BCUT2D eigenvalue weighted by molar-refractivity contribution is -0.115. The first-order chi connectivity index (χ1) is 5.33. The highest BCUT2D eigenvalue weighted by Crippen LogP contribution is 2.19. The van der Waals surface area contributed by atoms with Crippen LogP contribution in [0, 0.1) is 5.92 Å². The molecule has 0 aromatic rings. The molecule has 1 unspecified atom stereocenters. The average Bonchev–Trinajstić information content (AvgIpc) is 2.04. The van der Waals surface area contributed by atoms with E-state index in [-0.39, 0.29) is 5.78 Å². The molecule has 1 heteroatoms. The van der Waals surface area contributed by atoms with Gasteiger partial charge in [-0.3, -0.25) is 4.79 Å². The molecule has 0 saturated carbocycles. The van der Waals surface area contributed by atoms with Crippen molar-refractivity contribution < 1.29 is 4.79 Å². The van der Waals surface area contributed by atoms with Crippen molar-refractivity contribution in [3.8, 4) is 0 Å². The van der Waals surface area contributed by atoms with Gasteiger partial charge < -0.3 is 0 Å². The number of carbonyl (C=O) groups is 1. The van der Waals surface area contributed by atoms with Crippen LogP contribution in [0.1, 0.15) is 25.7 Å². The standard InChI is InChI=1S/C10H14O/c1-2-3-4-9-5-7-10(11)8-6-9/h2,5,7,9H,1,3-4,6,8H2. The molecule has 60 valence electrons. The fourth-order valence-electron chi connectivity index (χ4n) is 1.32. The highest BCUT2D eigenvalue weighted by Gasteiger charge is 2.11. The van der Waals surface area contributed by atoms with Crippen LogP contribution in [0.3, 0.4) is 0 Å². The molecule has 0 aliphatic heterocycles. The molecule has 0 radical (unpaired) electrons. The molecule has 0 spiro atoms. The molecule has 0 bridgehead atoms. The molecule has 0 amide bonds. The fraction of sp³-hybridized carbons (Fsp3) is 0.500. The van der Waals surface area contributed by atoms with Gasteiger partial charge in [-0.2, -0.15) is 0 Å². The predicted octanol–water partition coefficient (Wildman–Crippen LogP) is 2.49. The molecule has 11 heavy (non-hydrogen) atoms. The van der Waals surface area contributed by atoms with Gasteiger partial charge in [-0.05, 0) is 31.3 Å². The van der Waals surface area contributed by atoms with Crippen molar-refractivity contribution in [2.45, 2.75) is 25.7 Å². The summed E-state index contributed by atoms with van der Waals surface area (Å²) in [6, 6.07) is 0. The quantitative estimate of drug-likeness (QED) is 0.565. The van der Waals surface area contributed by atoms with E-state index in [9.17, 15) is 4.79 Å². The van der Waals surface area contributed by atoms with Crippen molar-refractivity contribution in [1.29, 1.82) is 0 Å². The third-order valence-corrected chi connectivity index (χ3v) is 2.06. The first kappa shape index (κ1) is 8.25. The Morgan fingerprint density at radius 1 is 1.73 bits per heavy atom. The molecule has 1 aliphatic carbocycles. The Hall–Kier alpha value is -0.850. The second-order valence-electron chi connectivity index (χ2n) is 2.99. The van der Waals surface area contributed by atoms with Crippen LogP contribution >= 0.6 is 0 Å². The average molecular weight is 150 g/mol. The van der Waals surface area contributed by atoms with Crippen LogP contribution < -0.4 is 0 Å². The van der Waals surface area contributed by atoms with E-state index >= 15 is 0 Å². The third-order valence-electron chi connectivity index (χ3n) is 2.06. The SMILES string of the molecule is C=CCCC1C=CC(=O)CC1. The molecule has 1 rings (SSSR count). The summed E-state index contributed by atoms with van der Waals surface area (Å²) in [4.78, 5) is 10.8. The van der Waals surface area contributed by atoms with Crippen molar-refractivity contribution in [2.75, 3.05) is 0 Å². The molecule has 0 N–H and O–H groups in total. The van der Waals surface area contributed by atoms with Crippen LogP contribution in [0.2, 0.25) is 0 Å². The van der Waals surface area contributed by atoms with E-state index in [1.54, 1.807) is 6.08 Å². The molecule has 1 aliphatic rings. The van der Waals surface area contributed by atoms with Crippen LogP contribution in [-0.4, -0.2) is 5.78 Å². The summed E-state index contributed by atoms with van der Waals surface area (Å²) < 4.78 is 0. The van der Waals surface area contributed by atoms with Gasteiger partial charge in [-0.25, -0.2) is 0 Å². The molecule has 0 fully saturated rings. The minimum Gasteiger partial charge on any atom is -0.295 e. The van der Waals surface area contributed by atoms with Crippen LogP contribution in [-0.2, 0) is 4.79 Å². The third kappa shape index (κ3) is 2.71. The minimum absolute atomic E-state index is 0.278. The zero-order valence-corrected chi connectivity index (χ0v) is 6.75. The van der Waals surface area contributed by atoms with Gasteiger partial charge in [0.05, 0.1) is 0 Å². The van der Waals surface area contributed by atoms with Gasteiger partial charge in [0, 0.05) is 6.42 Å². The first-order valence-corrected chi connectivity index (χ1v) is 4.15. The summed E-state index contributed by atoms with van der Waals surface area (Å²) in [7, 11) is 0. The second kappa shape index (κ2) is 4.12. The molecule has 0 aromatic carbocycles. The maximum absolute atomic E-state index is 10.8. The lowest BCUT2D eigenvalue weighted by atomic mass is 9.91. The molecular weight excluding hydrogens is 136 g/mol. The lowest BCUT2D eigenvalue weighted by Gasteiger charge is -2.13. The largest absolute Gasteiger partial charge is 0.295 e. The van der Waals surface area contributed by atoms with E-state index in [4.69, 9.17) is 0 Å². The van der Waals surface area contributed by atoms with Crippen molar-refractivity contribution in [3.63, 3.8) is 0 Å². The Morgan fingerprint density at radius 2 is 2.55 bits per heavy atom. The van der Waals surface area contributed by atoms with Gasteiger partial charge in [0.25, 0.3) is 0 Å². The van der Waals surface area contributed by atoms with E-state index in [1.165, 1.54) is 0 Å². The summed E-state index contributed by atoms with van der Waals surface area (Å²) in [5.74, 6) is 0.894. The van der Waals surface area contributed by atoms with Gasteiger partial charge in [-0.15, -0.1) is 6.58 Å². The van der Waals surface area contributed by atoms with Gasteiger partial charge in [0.2, 0.25) is 0 Å². The summed E-state index contributed by atoms with van der Waals surface area (Å²) in [6.07, 6.45) is 9.66. The minimum atomic E-state index is 0.278. The van der Waals surface area contributed by atoms with E-state index in [2.05, 4.69) is 6.58 Å². The Labute approximate surface area is 67.8 Å². The number of hydrogen-bond donors (Lipinski definition) is 0. The van der Waals surface area contributed by atoms with Gasteiger partial charge in [0.15, 0.2) is 5.78 Å². The molecule has 0 aromatic heterocycles. The number of hydrogen-bond acceptors (Lipinski definition) is 1. The normalized spacial score (nSPS) is 23.6. The van der Waals surface area contributed by atoms with Crippen LogP contribution in [0.15, 0.2) is 24.8 Å². The van der Waals surface area contributed by atoms with Crippen molar-refractivity contribution in [3.05, 3.63) is 24.8 Å². The van der Waals surface area contributed by atoms with Crippen molar-refractivity contribution in [2.24, 2.45) is 5.92 Å². The summed E-state index contributed by atoms with van der Waals surface area (Å²) in [5, 5.41) is 0. The molecular formula is C10H14O. The van der Waals surface area contributed by atoms with Gasteiger partial charge >= 0.3 is 0 Å². The topological polar surface area (TPSA) is 17.1 Å². The van der Waals surface area contributed by atoms with Crippen molar-refractivity contribution in [1.82, 2.24) is 0 Å². The van der Waals surface area contributed by atoms with Gasteiger partial charge in [-0.1, -0.05) is 12.2 Å². The fourth-order valence-corrected chi connectivity index (χ4v) is 1.32. The van der Waals surface area contributed by atoms with Crippen LogP contribution in [0.4, 0.5) is 0 Å². The molecule has 1 atom stereocenters. The maximum Gasteiger partial charge on any atom is 0.155 e. The summed E-state index contributed by atoms with van der Waals surface area (Å²) >= 11 is 0. The number of rotatable bonds is 3. The summed E-state index contributed by atoms with van der Waals surface area (Å²) in [6.45, 7) is 3.67. The number of carbonyl (C=O) groups excluding carboxylic acids is 1. The number of allylic oxidation sites excluding steroid dienone is 3. The Bertz CT molecular complexity index is 179. The zero-order valence-electron chi connectivity index (χ0n) is 6.75. The highest BCUT2D eigenvalue weighted by atomic mass is 16.1. The Morgan fingerprint density at radius 3 is 3.09 bits per heavy atom. The lowest BCUT2D eigenvalue weighted by Crippen LogP contribution is -2.06. The molecule has 0 heterocycles. The van der Waals surface area contributed by atoms with Gasteiger partial charge in [0.1, 0.15) is 0 Å². The highest BCUT2D eigenvalue weighted by molar-refractivity contribution is 5.90. The van der Waals surface area contributed by atoms with Crippen molar-refractivity contribution >= 4 is 5.78 Å². The Kier molecular flexibility index (Phi) is 3.09. The van der Waals surface area contributed by atoms with Crippen LogP contribution in [0.25, 0.3) is 0 Å². The number of ketones is 1. The monoisotopic (exact) mass is 150 g/mol. The predicted molar refractivity (Wildman–Crippen MR) is 46.3 cm³/mol. The maximum atomic E-state index is 10.8. The second-order valence-corrected chi connectivity index (χ2v) is 2.99. The van der Waals surface area contributed by atoms with E-state index in [1.807, 2.05) is 12.2 Å². The molecule has 0 saturated heterocycles. The van der Waals surface area contributed by atoms with E-state index in [0.29, 0.717) is 5.92 Å². The van der Waals surface area contributed by atoms with Crippen LogP contribution in [0.5, 0.6) is 0 Å². The smallest absolute Gasteiger partial charge is 0.155 e. The summed E-state index contributed by atoms with van der Waals surface area (Å²) in [5.41, 5.74) is 0. The van der Waals surface area contributed by atoms with E-state index in [0.717, 1.165) is 25.7 Å². The zero-order chi connectivity index (χ0) is 8.10. The first-order valence-electron chi connectivity index (χ1n) is 4.15. The molecule has 1 nitrogen and oxygen atoms in total. The van der Waals surface area contributed by atoms with E-state index < -0.39 is 0 Å².